The quantitative estimate of drug-likeness (QED) is 0.497. The monoisotopic (exact) mass is 459 g/mol. The van der Waals surface area contributed by atoms with E-state index in [0.717, 1.165) is 18.7 Å². The van der Waals surface area contributed by atoms with Gasteiger partial charge in [-0.25, -0.2) is 0 Å². The van der Waals surface area contributed by atoms with Gasteiger partial charge < -0.3 is 29.9 Å². The Morgan fingerprint density at radius 1 is 1.24 bits per heavy atom. The fourth-order valence-corrected chi connectivity index (χ4v) is 4.91. The maximum atomic E-state index is 13.1. The van der Waals surface area contributed by atoms with Crippen molar-refractivity contribution >= 4 is 11.8 Å². The Morgan fingerprint density at radius 3 is 2.73 bits per heavy atom. The predicted octanol–water partition coefficient (Wildman–Crippen LogP) is -0.120. The number of carbonyl (C=O) groups excluding carboxylic acids is 2. The number of nitrogens with zero attached hydrogens (tertiary/aromatic N) is 2. The average Bonchev–Trinajstić information content (AvgIpc) is 3.24. The van der Waals surface area contributed by atoms with Crippen molar-refractivity contribution in [2.24, 2.45) is 0 Å². The van der Waals surface area contributed by atoms with Gasteiger partial charge in [-0.2, -0.15) is 0 Å². The summed E-state index contributed by atoms with van der Waals surface area (Å²) in [6, 6.07) is 6.76. The molecule has 4 atom stereocenters. The summed E-state index contributed by atoms with van der Waals surface area (Å²) in [5.74, 6) is -0.223. The molecule has 33 heavy (non-hydrogen) atoms. The van der Waals surface area contributed by atoms with E-state index < -0.39 is 24.2 Å². The highest BCUT2D eigenvalue weighted by Gasteiger charge is 2.50. The first-order valence-electron chi connectivity index (χ1n) is 11.7. The van der Waals surface area contributed by atoms with Crippen molar-refractivity contribution in [3.05, 3.63) is 41.5 Å². The molecule has 3 N–H and O–H groups in total. The van der Waals surface area contributed by atoms with Gasteiger partial charge >= 0.3 is 0 Å². The minimum atomic E-state index is -0.989. The molecule has 1 saturated heterocycles. The smallest absolute Gasteiger partial charge is 0.247 e. The van der Waals surface area contributed by atoms with Crippen molar-refractivity contribution in [3.8, 4) is 5.75 Å². The maximum absolute atomic E-state index is 13.1. The molecule has 2 aliphatic heterocycles. The maximum Gasteiger partial charge on any atom is 0.247 e. The molecule has 1 fully saturated rings. The number of ether oxygens (including phenoxy) is 2. The normalized spacial score (nSPS) is 26.6. The van der Waals surface area contributed by atoms with Crippen LogP contribution < -0.4 is 10.1 Å². The van der Waals surface area contributed by atoms with Gasteiger partial charge in [-0.1, -0.05) is 25.1 Å². The third kappa shape index (κ3) is 4.91. The molecule has 2 amide bonds. The van der Waals surface area contributed by atoms with Gasteiger partial charge in [0.05, 0.1) is 31.8 Å². The molecule has 1 aliphatic carbocycles. The number of para-hydroxylation sites is 1. The lowest BCUT2D eigenvalue weighted by Gasteiger charge is -2.41. The summed E-state index contributed by atoms with van der Waals surface area (Å²) < 4.78 is 11.5. The lowest BCUT2D eigenvalue weighted by Crippen LogP contribution is -2.57. The van der Waals surface area contributed by atoms with Crippen LogP contribution in [0, 0.1) is 0 Å². The summed E-state index contributed by atoms with van der Waals surface area (Å²) in [5, 5.41) is 23.3. The van der Waals surface area contributed by atoms with E-state index in [9.17, 15) is 19.8 Å². The molecule has 9 nitrogen and oxygen atoms in total. The summed E-state index contributed by atoms with van der Waals surface area (Å²) in [4.78, 5) is 29.9. The molecule has 0 saturated carbocycles. The van der Waals surface area contributed by atoms with Gasteiger partial charge in [-0.3, -0.25) is 14.5 Å². The van der Waals surface area contributed by atoms with Crippen molar-refractivity contribution in [1.82, 2.24) is 15.1 Å². The zero-order chi connectivity index (χ0) is 23.4. The molecule has 1 aromatic rings. The fraction of sp³-hybridized carbons (Fsp3) is 0.583. The molecule has 0 unspecified atom stereocenters. The summed E-state index contributed by atoms with van der Waals surface area (Å²) in [5.41, 5.74) is 1.29. The minimum Gasteiger partial charge on any atom is -0.486 e. The van der Waals surface area contributed by atoms with Gasteiger partial charge in [0, 0.05) is 50.3 Å². The van der Waals surface area contributed by atoms with E-state index in [0.29, 0.717) is 44.0 Å². The zero-order valence-electron chi connectivity index (χ0n) is 19.0. The van der Waals surface area contributed by atoms with Gasteiger partial charge in [0.1, 0.15) is 18.0 Å². The largest absolute Gasteiger partial charge is 0.486 e. The number of fused-ring (bicyclic) bond motifs is 3. The Hall–Kier alpha value is -2.46. The zero-order valence-corrected chi connectivity index (χ0v) is 19.0. The van der Waals surface area contributed by atoms with Crippen LogP contribution in [0.2, 0.25) is 0 Å². The summed E-state index contributed by atoms with van der Waals surface area (Å²) in [6.07, 6.45) is 0.345. The molecule has 3 aliphatic rings. The van der Waals surface area contributed by atoms with E-state index in [1.165, 1.54) is 0 Å². The van der Waals surface area contributed by atoms with Crippen LogP contribution in [0.4, 0.5) is 0 Å². The second-order valence-electron chi connectivity index (χ2n) is 8.58. The van der Waals surface area contributed by atoms with Crippen LogP contribution in [0.1, 0.15) is 24.8 Å². The van der Waals surface area contributed by atoms with Gasteiger partial charge in [0.15, 0.2) is 0 Å². The molecule has 0 radical (unpaired) electrons. The number of carbonyl (C=O) groups is 2. The number of aliphatic hydroxyl groups is 2. The van der Waals surface area contributed by atoms with Gasteiger partial charge in [0.25, 0.3) is 0 Å². The Labute approximate surface area is 194 Å². The van der Waals surface area contributed by atoms with E-state index in [1.807, 2.05) is 24.3 Å². The van der Waals surface area contributed by atoms with Crippen LogP contribution in [-0.4, -0.2) is 103 Å². The summed E-state index contributed by atoms with van der Waals surface area (Å²) in [7, 11) is 0. The Balaban J connectivity index is 1.64. The van der Waals surface area contributed by atoms with Crippen molar-refractivity contribution in [3.63, 3.8) is 0 Å². The number of benzene rings is 1. The molecule has 2 heterocycles. The highest BCUT2D eigenvalue weighted by atomic mass is 16.5. The number of amides is 2. The number of rotatable bonds is 8. The van der Waals surface area contributed by atoms with E-state index in [1.54, 1.807) is 17.9 Å². The lowest BCUT2D eigenvalue weighted by atomic mass is 9.77. The van der Waals surface area contributed by atoms with E-state index in [-0.39, 0.29) is 25.0 Å². The van der Waals surface area contributed by atoms with Crippen molar-refractivity contribution in [1.29, 1.82) is 0 Å². The summed E-state index contributed by atoms with van der Waals surface area (Å²) >= 11 is 0. The van der Waals surface area contributed by atoms with Crippen molar-refractivity contribution in [2.45, 2.75) is 37.5 Å². The van der Waals surface area contributed by atoms with Crippen LogP contribution in [0.5, 0.6) is 5.75 Å². The number of hydrogen-bond acceptors (Lipinski definition) is 7. The Bertz CT molecular complexity index is 885. The molecule has 0 spiro atoms. The number of nitrogens with one attached hydrogen (secondary N) is 1. The molecule has 180 valence electrons. The molecular formula is C24H33N3O6. The van der Waals surface area contributed by atoms with Gasteiger partial charge in [-0.15, -0.1) is 0 Å². The second-order valence-corrected chi connectivity index (χ2v) is 8.58. The minimum absolute atomic E-state index is 0.0902. The molecule has 0 aromatic heterocycles. The highest BCUT2D eigenvalue weighted by Crippen LogP contribution is 2.47. The molecule has 0 bridgehead atoms. The first-order chi connectivity index (χ1) is 16.0. The number of hydrogen-bond donors (Lipinski definition) is 3. The first-order valence-corrected chi connectivity index (χ1v) is 11.7. The molecule has 9 heteroatoms. The molecular weight excluding hydrogens is 426 g/mol. The molecule has 4 rings (SSSR count). The van der Waals surface area contributed by atoms with E-state index in [2.05, 4.69) is 10.2 Å². The van der Waals surface area contributed by atoms with Gasteiger partial charge in [-0.05, 0) is 12.1 Å². The Kier molecular flexibility index (Phi) is 7.64. The number of aliphatic hydroxyl groups excluding tert-OH is 2. The predicted molar refractivity (Wildman–Crippen MR) is 121 cm³/mol. The topological polar surface area (TPSA) is 112 Å². The molecule has 1 aromatic carbocycles. The van der Waals surface area contributed by atoms with Crippen LogP contribution in [0.25, 0.3) is 0 Å². The van der Waals surface area contributed by atoms with Crippen molar-refractivity contribution in [2.75, 3.05) is 52.5 Å². The van der Waals surface area contributed by atoms with Gasteiger partial charge in [0.2, 0.25) is 11.8 Å². The fourth-order valence-electron chi connectivity index (χ4n) is 4.91. The van der Waals surface area contributed by atoms with E-state index in [4.69, 9.17) is 9.47 Å². The summed E-state index contributed by atoms with van der Waals surface area (Å²) in [6.45, 7) is 5.77. The van der Waals surface area contributed by atoms with Crippen LogP contribution >= 0.6 is 0 Å². The van der Waals surface area contributed by atoms with Crippen LogP contribution in [-0.2, 0) is 14.3 Å². The third-order valence-corrected chi connectivity index (χ3v) is 6.62. The first kappa shape index (κ1) is 23.7. The standard InChI is InChI=1S/C24H33N3O6/c1-2-20(29)27(9-8-26-10-13-32-14-11-26)18-15-17(24(31)25-7-12-28)21-16-5-3-4-6-19(16)33-23(21)22(18)30/h3-6,15,18,21-23,28,30H,2,7-14H2,1H3,(H,25,31)/t18-,21+,22+,23+/m1/s1. The second kappa shape index (κ2) is 10.6. The van der Waals surface area contributed by atoms with Crippen LogP contribution in [0.3, 0.4) is 0 Å². The Morgan fingerprint density at radius 2 is 2.00 bits per heavy atom. The van der Waals surface area contributed by atoms with Crippen LogP contribution in [0.15, 0.2) is 35.9 Å². The van der Waals surface area contributed by atoms with Crippen molar-refractivity contribution < 1.29 is 29.3 Å². The number of morpholine rings is 1. The highest BCUT2D eigenvalue weighted by molar-refractivity contribution is 5.96. The van der Waals surface area contributed by atoms with E-state index >= 15 is 0 Å². The average molecular weight is 460 g/mol. The lowest BCUT2D eigenvalue weighted by molar-refractivity contribution is -0.137. The SMILES string of the molecule is CCC(=O)N(CCN1CCOCC1)[C@@H]1C=C(C(=O)NCCO)[C@@H]2c3ccccc3O[C@@H]2[C@H]1O. The third-order valence-electron chi connectivity index (χ3n) is 6.62.